The molecule has 2 rings (SSSR count). The summed E-state index contributed by atoms with van der Waals surface area (Å²) in [6.45, 7) is 3.22. The van der Waals surface area contributed by atoms with E-state index in [9.17, 15) is 0 Å². The largest absolute Gasteiger partial charge is 0.497 e. The maximum absolute atomic E-state index is 6.10. The molecule has 0 fully saturated rings. The van der Waals surface area contributed by atoms with Crippen LogP contribution in [0.2, 0.25) is 5.02 Å². The zero-order valence-electron chi connectivity index (χ0n) is 12.0. The fourth-order valence-electron chi connectivity index (χ4n) is 1.92. The summed E-state index contributed by atoms with van der Waals surface area (Å²) in [4.78, 5) is 0. The second-order valence-corrected chi connectivity index (χ2v) is 5.69. The van der Waals surface area contributed by atoms with E-state index in [1.807, 2.05) is 43.3 Å². The molecule has 2 aromatic rings. The van der Waals surface area contributed by atoms with Gasteiger partial charge in [0.05, 0.1) is 23.9 Å². The molecule has 1 N–H and O–H groups in total. The molecule has 0 aromatic heterocycles. The number of nitrogens with one attached hydrogen (secondary N) is 1. The van der Waals surface area contributed by atoms with Crippen molar-refractivity contribution in [3.05, 3.63) is 51.5 Å². The highest BCUT2D eigenvalue weighted by atomic mass is 79.9. The molecular weight excluding hydrogens is 354 g/mol. The van der Waals surface area contributed by atoms with E-state index in [-0.39, 0.29) is 0 Å². The molecule has 0 spiro atoms. The molecular formula is C16H17BrClNO2. The van der Waals surface area contributed by atoms with E-state index < -0.39 is 0 Å². The molecule has 0 atom stereocenters. The van der Waals surface area contributed by atoms with Crippen molar-refractivity contribution < 1.29 is 9.47 Å². The fourth-order valence-corrected chi connectivity index (χ4v) is 2.85. The summed E-state index contributed by atoms with van der Waals surface area (Å²) in [5.41, 5.74) is 2.02. The van der Waals surface area contributed by atoms with Crippen molar-refractivity contribution in [2.24, 2.45) is 0 Å². The number of rotatable bonds is 6. The van der Waals surface area contributed by atoms with Gasteiger partial charge in [0, 0.05) is 11.6 Å². The molecule has 112 valence electrons. The Morgan fingerprint density at radius 2 is 1.90 bits per heavy atom. The van der Waals surface area contributed by atoms with Gasteiger partial charge in [-0.25, -0.2) is 0 Å². The molecule has 0 amide bonds. The van der Waals surface area contributed by atoms with Crippen molar-refractivity contribution in [1.29, 1.82) is 0 Å². The van der Waals surface area contributed by atoms with Crippen molar-refractivity contribution in [2.75, 3.05) is 19.0 Å². The van der Waals surface area contributed by atoms with Crippen LogP contribution in [0.3, 0.4) is 0 Å². The van der Waals surface area contributed by atoms with E-state index in [2.05, 4.69) is 21.2 Å². The van der Waals surface area contributed by atoms with Crippen molar-refractivity contribution in [2.45, 2.75) is 13.5 Å². The minimum Gasteiger partial charge on any atom is -0.497 e. The maximum Gasteiger partial charge on any atom is 0.156 e. The molecule has 0 saturated heterocycles. The molecule has 0 aliphatic rings. The Labute approximate surface area is 138 Å². The van der Waals surface area contributed by atoms with Gasteiger partial charge in [-0.3, -0.25) is 0 Å². The molecule has 0 saturated carbocycles. The van der Waals surface area contributed by atoms with Gasteiger partial charge in [0.25, 0.3) is 0 Å². The van der Waals surface area contributed by atoms with Crippen LogP contribution in [0.1, 0.15) is 12.5 Å². The number of hydrogen-bond donors (Lipinski definition) is 1. The van der Waals surface area contributed by atoms with E-state index in [0.717, 1.165) is 27.2 Å². The summed E-state index contributed by atoms with van der Waals surface area (Å²) in [6, 6.07) is 11.6. The zero-order chi connectivity index (χ0) is 15.2. The van der Waals surface area contributed by atoms with E-state index in [1.165, 1.54) is 0 Å². The van der Waals surface area contributed by atoms with Gasteiger partial charge >= 0.3 is 0 Å². The summed E-state index contributed by atoms with van der Waals surface area (Å²) in [6.07, 6.45) is 0. The summed E-state index contributed by atoms with van der Waals surface area (Å²) in [5, 5.41) is 4.01. The van der Waals surface area contributed by atoms with Gasteiger partial charge < -0.3 is 14.8 Å². The molecule has 0 aliphatic heterocycles. The first kappa shape index (κ1) is 16.0. The minimum atomic E-state index is 0.595. The van der Waals surface area contributed by atoms with Gasteiger partial charge in [0.2, 0.25) is 0 Å². The Balaban J connectivity index is 2.14. The summed E-state index contributed by atoms with van der Waals surface area (Å²) < 4.78 is 11.7. The Hall–Kier alpha value is -1.39. The molecule has 21 heavy (non-hydrogen) atoms. The molecule has 0 unspecified atom stereocenters. The normalized spacial score (nSPS) is 10.3. The van der Waals surface area contributed by atoms with Crippen LogP contribution in [-0.4, -0.2) is 13.7 Å². The average molecular weight is 371 g/mol. The average Bonchev–Trinajstić information content (AvgIpc) is 2.48. The zero-order valence-corrected chi connectivity index (χ0v) is 14.3. The Morgan fingerprint density at radius 1 is 1.19 bits per heavy atom. The highest BCUT2D eigenvalue weighted by molar-refractivity contribution is 9.10. The van der Waals surface area contributed by atoms with Gasteiger partial charge in [-0.15, -0.1) is 0 Å². The first-order chi connectivity index (χ1) is 10.1. The third-order valence-corrected chi connectivity index (χ3v) is 3.75. The number of methoxy groups -OCH3 is 1. The smallest absolute Gasteiger partial charge is 0.156 e. The highest BCUT2D eigenvalue weighted by Crippen LogP contribution is 2.36. The fraction of sp³-hybridized carbons (Fsp3) is 0.250. The monoisotopic (exact) mass is 369 g/mol. The SMILES string of the molecule is CCOc1c(Br)cc(Cl)cc1NCc1ccc(OC)cc1. The standard InChI is InChI=1S/C16H17BrClNO2/c1-3-21-16-14(17)8-12(18)9-15(16)19-10-11-4-6-13(20-2)7-5-11/h4-9,19H,3,10H2,1-2H3. The quantitative estimate of drug-likeness (QED) is 0.765. The topological polar surface area (TPSA) is 30.5 Å². The van der Waals surface area contributed by atoms with Crippen LogP contribution >= 0.6 is 27.5 Å². The second-order valence-electron chi connectivity index (χ2n) is 4.40. The van der Waals surface area contributed by atoms with E-state index in [4.69, 9.17) is 21.1 Å². The van der Waals surface area contributed by atoms with E-state index >= 15 is 0 Å². The van der Waals surface area contributed by atoms with Crippen molar-refractivity contribution >= 4 is 33.2 Å². The van der Waals surface area contributed by atoms with Crippen LogP contribution < -0.4 is 14.8 Å². The Kier molecular flexibility index (Phi) is 5.76. The van der Waals surface area contributed by atoms with Crippen LogP contribution in [0, 0.1) is 0 Å². The molecule has 2 aromatic carbocycles. The van der Waals surface area contributed by atoms with Gasteiger partial charge in [-0.1, -0.05) is 23.7 Å². The Bertz CT molecular complexity index is 602. The van der Waals surface area contributed by atoms with Gasteiger partial charge in [0.15, 0.2) is 5.75 Å². The lowest BCUT2D eigenvalue weighted by molar-refractivity contribution is 0.339. The summed E-state index contributed by atoms with van der Waals surface area (Å²) >= 11 is 9.58. The third-order valence-electron chi connectivity index (χ3n) is 2.94. The molecule has 5 heteroatoms. The number of benzene rings is 2. The molecule has 0 bridgehead atoms. The predicted octanol–water partition coefficient (Wildman–Crippen LogP) is 5.12. The van der Waals surface area contributed by atoms with Gasteiger partial charge in [0.1, 0.15) is 5.75 Å². The first-order valence-corrected chi connectivity index (χ1v) is 7.79. The summed E-state index contributed by atoms with van der Waals surface area (Å²) in [5.74, 6) is 1.62. The predicted molar refractivity (Wildman–Crippen MR) is 90.6 cm³/mol. The van der Waals surface area contributed by atoms with E-state index in [1.54, 1.807) is 7.11 Å². The number of hydrogen-bond acceptors (Lipinski definition) is 3. The van der Waals surface area contributed by atoms with Crippen molar-refractivity contribution in [3.8, 4) is 11.5 Å². The number of anilines is 1. The minimum absolute atomic E-state index is 0.595. The van der Waals surface area contributed by atoms with Gasteiger partial charge in [-0.05, 0) is 52.7 Å². The van der Waals surface area contributed by atoms with Crippen LogP contribution in [0.5, 0.6) is 11.5 Å². The molecule has 0 aliphatic carbocycles. The third kappa shape index (κ3) is 4.29. The molecule has 0 heterocycles. The van der Waals surface area contributed by atoms with E-state index in [0.29, 0.717) is 18.2 Å². The first-order valence-electron chi connectivity index (χ1n) is 6.62. The van der Waals surface area contributed by atoms with Crippen LogP contribution in [-0.2, 0) is 6.54 Å². The van der Waals surface area contributed by atoms with Crippen molar-refractivity contribution in [1.82, 2.24) is 0 Å². The van der Waals surface area contributed by atoms with Crippen LogP contribution in [0.15, 0.2) is 40.9 Å². The van der Waals surface area contributed by atoms with Crippen molar-refractivity contribution in [3.63, 3.8) is 0 Å². The van der Waals surface area contributed by atoms with Crippen LogP contribution in [0.4, 0.5) is 5.69 Å². The lowest BCUT2D eigenvalue weighted by Gasteiger charge is -2.15. The van der Waals surface area contributed by atoms with Gasteiger partial charge in [-0.2, -0.15) is 0 Å². The lowest BCUT2D eigenvalue weighted by Crippen LogP contribution is -2.03. The number of ether oxygens (including phenoxy) is 2. The maximum atomic E-state index is 6.10. The van der Waals surface area contributed by atoms with Crippen LogP contribution in [0.25, 0.3) is 0 Å². The lowest BCUT2D eigenvalue weighted by atomic mass is 10.2. The number of halogens is 2. The molecule has 3 nitrogen and oxygen atoms in total. The summed E-state index contributed by atoms with van der Waals surface area (Å²) in [7, 11) is 1.66. The molecule has 0 radical (unpaired) electrons. The second kappa shape index (κ2) is 7.57. The Morgan fingerprint density at radius 3 is 2.52 bits per heavy atom. The highest BCUT2D eigenvalue weighted by Gasteiger charge is 2.10.